The van der Waals surface area contributed by atoms with Crippen LogP contribution in [0.25, 0.3) is 23.0 Å². The lowest BCUT2D eigenvalue weighted by Crippen LogP contribution is -2.24. The zero-order valence-electron chi connectivity index (χ0n) is 18.0. The molecule has 0 bridgehead atoms. The molecule has 16 nitrogen and oxygen atoms in total. The summed E-state index contributed by atoms with van der Waals surface area (Å²) in [5.41, 5.74) is 14.7. The van der Waals surface area contributed by atoms with Crippen LogP contribution in [0, 0.1) is 0 Å². The van der Waals surface area contributed by atoms with Crippen LogP contribution in [0.4, 0.5) is 11.6 Å². The molecule has 0 radical (unpaired) electrons. The molecule has 0 fully saturated rings. The second-order valence-corrected chi connectivity index (χ2v) is 6.55. The van der Waals surface area contributed by atoms with Gasteiger partial charge in [0.2, 0.25) is 5.82 Å². The first-order chi connectivity index (χ1) is 16.5. The summed E-state index contributed by atoms with van der Waals surface area (Å²) < 4.78 is 21.2. The number of rotatable bonds is 9. The number of nitrogens with zero attached hydrogens (tertiary/aromatic N) is 8. The van der Waals surface area contributed by atoms with Crippen LogP contribution in [0.15, 0.2) is 32.6 Å². The van der Waals surface area contributed by atoms with Crippen molar-refractivity contribution in [3.8, 4) is 34.5 Å². The van der Waals surface area contributed by atoms with Crippen LogP contribution in [0.5, 0.6) is 11.5 Å². The maximum atomic E-state index is 12.5. The Morgan fingerprint density at radius 2 is 1.88 bits per heavy atom. The number of aromatic nitrogens is 7. The molecule has 0 atom stereocenters. The minimum Gasteiger partial charge on any atom is -0.493 e. The van der Waals surface area contributed by atoms with E-state index in [0.29, 0.717) is 23.7 Å². The number of hydrazone groups is 1. The zero-order chi connectivity index (χ0) is 24.1. The fraction of sp³-hybridized carbons (Fsp3) is 0.222. The predicted molar refractivity (Wildman–Crippen MR) is 115 cm³/mol. The molecule has 0 unspecified atom stereocenters. The largest absolute Gasteiger partial charge is 0.493 e. The van der Waals surface area contributed by atoms with Crippen LogP contribution in [0.2, 0.25) is 0 Å². The SMILES string of the molecule is CCOc1ccc(/C=N\NC(=O)Cn2nc(-c3nonc3N)nc2-c2nonc2N)cc1OC. The number of ether oxygens (including phenoxy) is 2. The first kappa shape index (κ1) is 22.2. The Labute approximate surface area is 190 Å². The van der Waals surface area contributed by atoms with Crippen molar-refractivity contribution in [1.82, 2.24) is 40.8 Å². The standard InChI is InChI=1S/C18H19N11O5/c1-3-32-10-5-4-9(6-11(10)31-2)7-21-23-12(30)8-29-18(14-16(20)28-34-26-14)22-17(24-29)13-15(19)27-33-25-13/h4-7H,3,8H2,1-2H3,(H2,19,27)(H2,20,28)(H,23,30)/b21-7-. The molecule has 0 aliphatic heterocycles. The molecule has 0 spiro atoms. The summed E-state index contributed by atoms with van der Waals surface area (Å²) in [7, 11) is 1.53. The number of carbonyl (C=O) groups excluding carboxylic acids is 1. The first-order valence-electron chi connectivity index (χ1n) is 9.74. The second-order valence-electron chi connectivity index (χ2n) is 6.55. The number of hydrogen-bond acceptors (Lipinski definition) is 14. The van der Waals surface area contributed by atoms with Gasteiger partial charge in [0.05, 0.1) is 19.9 Å². The van der Waals surface area contributed by atoms with Crippen LogP contribution in [-0.2, 0) is 11.3 Å². The summed E-state index contributed by atoms with van der Waals surface area (Å²) in [6.07, 6.45) is 1.45. The summed E-state index contributed by atoms with van der Waals surface area (Å²) in [6, 6.07) is 5.23. The predicted octanol–water partition coefficient (Wildman–Crippen LogP) is 0.100. The van der Waals surface area contributed by atoms with Gasteiger partial charge >= 0.3 is 0 Å². The Hall–Kier alpha value is -5.02. The van der Waals surface area contributed by atoms with Crippen molar-refractivity contribution in [3.05, 3.63) is 23.8 Å². The molecule has 1 amide bonds. The lowest BCUT2D eigenvalue weighted by Gasteiger charge is -2.09. The number of nitrogens with one attached hydrogen (secondary N) is 1. The molecule has 4 aromatic rings. The number of benzene rings is 1. The quantitative estimate of drug-likeness (QED) is 0.219. The molecule has 0 aliphatic rings. The van der Waals surface area contributed by atoms with Crippen molar-refractivity contribution in [1.29, 1.82) is 0 Å². The molecule has 3 aromatic heterocycles. The summed E-state index contributed by atoms with van der Waals surface area (Å²) >= 11 is 0. The van der Waals surface area contributed by atoms with E-state index < -0.39 is 5.91 Å². The van der Waals surface area contributed by atoms with Gasteiger partial charge in [-0.15, -0.1) is 5.10 Å². The van der Waals surface area contributed by atoms with Crippen molar-refractivity contribution in [3.63, 3.8) is 0 Å². The van der Waals surface area contributed by atoms with E-state index in [1.807, 2.05) is 6.92 Å². The highest BCUT2D eigenvalue weighted by Crippen LogP contribution is 2.27. The van der Waals surface area contributed by atoms with E-state index in [1.54, 1.807) is 18.2 Å². The third-order valence-electron chi connectivity index (χ3n) is 4.31. The zero-order valence-corrected chi connectivity index (χ0v) is 18.0. The highest BCUT2D eigenvalue weighted by Gasteiger charge is 2.24. The van der Waals surface area contributed by atoms with Gasteiger partial charge in [0.25, 0.3) is 5.91 Å². The normalized spacial score (nSPS) is 11.1. The average molecular weight is 469 g/mol. The molecule has 1 aromatic carbocycles. The van der Waals surface area contributed by atoms with Crippen LogP contribution in [-0.4, -0.2) is 61.2 Å². The van der Waals surface area contributed by atoms with Crippen molar-refractivity contribution < 1.29 is 23.5 Å². The van der Waals surface area contributed by atoms with E-state index in [0.717, 1.165) is 0 Å². The Morgan fingerprint density at radius 3 is 2.53 bits per heavy atom. The number of carbonyl (C=O) groups is 1. The van der Waals surface area contributed by atoms with Crippen LogP contribution < -0.4 is 26.4 Å². The Kier molecular flexibility index (Phi) is 6.29. The van der Waals surface area contributed by atoms with Crippen molar-refractivity contribution in [2.45, 2.75) is 13.5 Å². The lowest BCUT2D eigenvalue weighted by molar-refractivity contribution is -0.121. The van der Waals surface area contributed by atoms with Gasteiger partial charge in [0, 0.05) is 0 Å². The summed E-state index contributed by atoms with van der Waals surface area (Å²) in [5.74, 6) is 0.667. The van der Waals surface area contributed by atoms with E-state index in [1.165, 1.54) is 18.0 Å². The number of methoxy groups -OCH3 is 1. The van der Waals surface area contributed by atoms with Gasteiger partial charge in [-0.3, -0.25) is 4.79 Å². The topological polar surface area (TPSA) is 221 Å². The molecule has 0 aliphatic carbocycles. The molecule has 16 heteroatoms. The molecular weight excluding hydrogens is 450 g/mol. The minimum atomic E-state index is -0.520. The van der Waals surface area contributed by atoms with Gasteiger partial charge in [-0.2, -0.15) is 5.10 Å². The second kappa shape index (κ2) is 9.63. The highest BCUT2D eigenvalue weighted by molar-refractivity contribution is 5.83. The summed E-state index contributed by atoms with van der Waals surface area (Å²) in [5, 5.41) is 22.5. The van der Waals surface area contributed by atoms with Crippen LogP contribution in [0.3, 0.4) is 0 Å². The molecule has 5 N–H and O–H groups in total. The highest BCUT2D eigenvalue weighted by atomic mass is 16.6. The number of hydrogen-bond donors (Lipinski definition) is 3. The minimum absolute atomic E-state index is 0.0326. The van der Waals surface area contributed by atoms with Gasteiger partial charge in [0.1, 0.15) is 6.54 Å². The molecule has 0 saturated heterocycles. The summed E-state index contributed by atoms with van der Waals surface area (Å²) in [4.78, 5) is 16.8. The third kappa shape index (κ3) is 4.59. The maximum absolute atomic E-state index is 12.5. The van der Waals surface area contributed by atoms with Gasteiger partial charge < -0.3 is 20.9 Å². The Balaban J connectivity index is 1.51. The van der Waals surface area contributed by atoms with Crippen LogP contribution in [0.1, 0.15) is 12.5 Å². The Morgan fingerprint density at radius 1 is 1.15 bits per heavy atom. The van der Waals surface area contributed by atoms with E-state index in [2.05, 4.69) is 50.5 Å². The van der Waals surface area contributed by atoms with Crippen molar-refractivity contribution in [2.24, 2.45) is 5.10 Å². The lowest BCUT2D eigenvalue weighted by atomic mass is 10.2. The molecule has 176 valence electrons. The van der Waals surface area contributed by atoms with Crippen molar-refractivity contribution >= 4 is 23.8 Å². The smallest absolute Gasteiger partial charge is 0.261 e. The fourth-order valence-corrected chi connectivity index (χ4v) is 2.82. The van der Waals surface area contributed by atoms with E-state index in [9.17, 15) is 4.79 Å². The van der Waals surface area contributed by atoms with Gasteiger partial charge in [-0.25, -0.2) is 24.3 Å². The molecule has 3 heterocycles. The monoisotopic (exact) mass is 469 g/mol. The number of nitrogen functional groups attached to an aromatic ring is 2. The van der Waals surface area contributed by atoms with Gasteiger partial charge in [0.15, 0.2) is 40.3 Å². The van der Waals surface area contributed by atoms with E-state index in [-0.39, 0.29) is 41.2 Å². The number of anilines is 2. The van der Waals surface area contributed by atoms with Crippen molar-refractivity contribution in [2.75, 3.05) is 25.2 Å². The third-order valence-corrected chi connectivity index (χ3v) is 4.31. The van der Waals surface area contributed by atoms with Gasteiger partial charge in [-0.1, -0.05) is 0 Å². The van der Waals surface area contributed by atoms with Gasteiger partial charge in [-0.05, 0) is 51.3 Å². The Bertz CT molecular complexity index is 1330. The average Bonchev–Trinajstić information content (AvgIpc) is 3.54. The first-order valence-corrected chi connectivity index (χ1v) is 9.74. The summed E-state index contributed by atoms with van der Waals surface area (Å²) in [6.45, 7) is 2.07. The molecule has 4 rings (SSSR count). The number of nitrogens with two attached hydrogens (primary N) is 2. The van der Waals surface area contributed by atoms with E-state index in [4.69, 9.17) is 20.9 Å². The van der Waals surface area contributed by atoms with Crippen LogP contribution >= 0.6 is 0 Å². The number of amides is 1. The molecular formula is C18H19N11O5. The van der Waals surface area contributed by atoms with E-state index >= 15 is 0 Å². The fourth-order valence-electron chi connectivity index (χ4n) is 2.82. The maximum Gasteiger partial charge on any atom is 0.261 e. The molecule has 34 heavy (non-hydrogen) atoms. The molecule has 0 saturated carbocycles.